The van der Waals surface area contributed by atoms with Gasteiger partial charge in [-0.2, -0.15) is 0 Å². The van der Waals surface area contributed by atoms with Crippen molar-refractivity contribution in [1.82, 2.24) is 10.6 Å². The van der Waals surface area contributed by atoms with Crippen molar-refractivity contribution < 1.29 is 19.1 Å². The maximum Gasteiger partial charge on any atom is 0.221 e. The quantitative estimate of drug-likeness (QED) is 0.529. The summed E-state index contributed by atoms with van der Waals surface area (Å²) in [5, 5.41) is 15.6. The monoisotopic (exact) mass is 298 g/mol. The van der Waals surface area contributed by atoms with E-state index in [0.717, 1.165) is 5.76 Å². The molecule has 0 spiro atoms. The first-order chi connectivity index (χ1) is 10.1. The highest BCUT2D eigenvalue weighted by Crippen LogP contribution is 2.01. The fraction of sp³-hybridized carbons (Fsp3) is 0.667. The maximum atomic E-state index is 11.4. The van der Waals surface area contributed by atoms with Crippen LogP contribution < -0.4 is 10.6 Å². The third kappa shape index (κ3) is 9.23. The standard InChI is InChI=1S/C15H26N2O4/c1-12(2)8-17-15(19)5-6-16-9-13(18)10-20-11-14-4-3-7-21-14/h3-4,7,12-13,16,18H,5-6,8-11H2,1-2H3,(H,17,19). The summed E-state index contributed by atoms with van der Waals surface area (Å²) in [7, 11) is 0. The first kappa shape index (κ1) is 17.7. The Morgan fingerprint density at radius 1 is 1.43 bits per heavy atom. The lowest BCUT2D eigenvalue weighted by molar-refractivity contribution is -0.121. The van der Waals surface area contributed by atoms with Gasteiger partial charge in [-0.1, -0.05) is 13.8 Å². The van der Waals surface area contributed by atoms with Crippen LogP contribution in [0, 0.1) is 5.92 Å². The van der Waals surface area contributed by atoms with E-state index in [-0.39, 0.29) is 12.5 Å². The molecule has 1 aromatic heterocycles. The van der Waals surface area contributed by atoms with E-state index in [4.69, 9.17) is 9.15 Å². The SMILES string of the molecule is CC(C)CNC(=O)CCNCC(O)COCc1ccco1. The van der Waals surface area contributed by atoms with Gasteiger partial charge < -0.3 is 24.9 Å². The summed E-state index contributed by atoms with van der Waals surface area (Å²) in [4.78, 5) is 11.4. The Morgan fingerprint density at radius 2 is 2.24 bits per heavy atom. The molecule has 21 heavy (non-hydrogen) atoms. The lowest BCUT2D eigenvalue weighted by atomic mass is 10.2. The molecule has 1 heterocycles. The summed E-state index contributed by atoms with van der Waals surface area (Å²) in [5.74, 6) is 1.21. The summed E-state index contributed by atoms with van der Waals surface area (Å²) < 4.78 is 10.4. The molecule has 0 aromatic carbocycles. The normalized spacial score (nSPS) is 12.6. The highest BCUT2D eigenvalue weighted by molar-refractivity contribution is 5.76. The van der Waals surface area contributed by atoms with Gasteiger partial charge in [-0.3, -0.25) is 4.79 Å². The van der Waals surface area contributed by atoms with Gasteiger partial charge in [0.05, 0.1) is 19.0 Å². The van der Waals surface area contributed by atoms with E-state index >= 15 is 0 Å². The molecule has 1 atom stereocenters. The van der Waals surface area contributed by atoms with Crippen LogP contribution >= 0.6 is 0 Å². The third-order valence-electron chi connectivity index (χ3n) is 2.75. The molecule has 1 amide bonds. The van der Waals surface area contributed by atoms with Crippen LogP contribution in [-0.4, -0.2) is 43.4 Å². The van der Waals surface area contributed by atoms with Crippen molar-refractivity contribution in [3.63, 3.8) is 0 Å². The molecule has 3 N–H and O–H groups in total. The lowest BCUT2D eigenvalue weighted by Gasteiger charge is -2.12. The number of rotatable bonds is 11. The topological polar surface area (TPSA) is 83.7 Å². The van der Waals surface area contributed by atoms with Crippen LogP contribution in [0.15, 0.2) is 22.8 Å². The second-order valence-corrected chi connectivity index (χ2v) is 5.40. The minimum Gasteiger partial charge on any atom is -0.467 e. The van der Waals surface area contributed by atoms with E-state index in [2.05, 4.69) is 24.5 Å². The average molecular weight is 298 g/mol. The highest BCUT2D eigenvalue weighted by Gasteiger charge is 2.06. The Kier molecular flexibility index (Phi) is 8.73. The van der Waals surface area contributed by atoms with Crippen molar-refractivity contribution in [1.29, 1.82) is 0 Å². The van der Waals surface area contributed by atoms with Crippen molar-refractivity contribution in [2.24, 2.45) is 5.92 Å². The van der Waals surface area contributed by atoms with Gasteiger partial charge in [0.25, 0.3) is 0 Å². The number of amides is 1. The molecule has 0 saturated carbocycles. The Balaban J connectivity index is 1.95. The van der Waals surface area contributed by atoms with Gasteiger partial charge in [-0.25, -0.2) is 0 Å². The van der Waals surface area contributed by atoms with Crippen molar-refractivity contribution in [2.45, 2.75) is 33.0 Å². The van der Waals surface area contributed by atoms with Crippen molar-refractivity contribution in [2.75, 3.05) is 26.2 Å². The van der Waals surface area contributed by atoms with Crippen LogP contribution in [0.2, 0.25) is 0 Å². The van der Waals surface area contributed by atoms with E-state index in [0.29, 0.717) is 38.6 Å². The molecule has 1 unspecified atom stereocenters. The van der Waals surface area contributed by atoms with Crippen LogP contribution in [0.3, 0.4) is 0 Å². The second kappa shape index (κ2) is 10.4. The Morgan fingerprint density at radius 3 is 2.90 bits per heavy atom. The highest BCUT2D eigenvalue weighted by atomic mass is 16.5. The largest absolute Gasteiger partial charge is 0.467 e. The summed E-state index contributed by atoms with van der Waals surface area (Å²) in [6.07, 6.45) is 1.40. The minimum atomic E-state index is -0.598. The fourth-order valence-corrected chi connectivity index (χ4v) is 1.63. The predicted molar refractivity (Wildman–Crippen MR) is 79.7 cm³/mol. The number of carbonyl (C=O) groups is 1. The number of hydrogen-bond donors (Lipinski definition) is 3. The summed E-state index contributed by atoms with van der Waals surface area (Å²) >= 11 is 0. The summed E-state index contributed by atoms with van der Waals surface area (Å²) in [5.41, 5.74) is 0. The number of carbonyl (C=O) groups excluding carboxylic acids is 1. The number of furan rings is 1. The number of hydrogen-bond acceptors (Lipinski definition) is 5. The number of aliphatic hydroxyl groups excluding tert-OH is 1. The number of ether oxygens (including phenoxy) is 1. The molecule has 120 valence electrons. The van der Waals surface area contributed by atoms with Gasteiger partial charge in [-0.15, -0.1) is 0 Å². The van der Waals surface area contributed by atoms with Crippen LogP contribution in [0.4, 0.5) is 0 Å². The molecule has 0 saturated heterocycles. The number of nitrogens with one attached hydrogen (secondary N) is 2. The molecular formula is C15H26N2O4. The van der Waals surface area contributed by atoms with Gasteiger partial charge >= 0.3 is 0 Å². The zero-order chi connectivity index (χ0) is 15.5. The fourth-order valence-electron chi connectivity index (χ4n) is 1.63. The predicted octanol–water partition coefficient (Wildman–Crippen LogP) is 0.909. The summed E-state index contributed by atoms with van der Waals surface area (Å²) in [6, 6.07) is 3.61. The zero-order valence-corrected chi connectivity index (χ0v) is 12.8. The average Bonchev–Trinajstić information content (AvgIpc) is 2.94. The van der Waals surface area contributed by atoms with Crippen molar-refractivity contribution in [3.8, 4) is 0 Å². The Labute approximate surface area is 125 Å². The van der Waals surface area contributed by atoms with Gasteiger partial charge in [0.2, 0.25) is 5.91 Å². The van der Waals surface area contributed by atoms with Gasteiger partial charge in [0.1, 0.15) is 12.4 Å². The van der Waals surface area contributed by atoms with Crippen LogP contribution in [-0.2, 0) is 16.1 Å². The van der Waals surface area contributed by atoms with Gasteiger partial charge in [0, 0.05) is 26.1 Å². The zero-order valence-electron chi connectivity index (χ0n) is 12.8. The molecule has 1 rings (SSSR count). The van der Waals surface area contributed by atoms with E-state index in [1.54, 1.807) is 12.3 Å². The minimum absolute atomic E-state index is 0.0276. The van der Waals surface area contributed by atoms with E-state index in [1.165, 1.54) is 0 Å². The molecule has 1 aromatic rings. The third-order valence-corrected chi connectivity index (χ3v) is 2.75. The van der Waals surface area contributed by atoms with Gasteiger partial charge in [-0.05, 0) is 18.1 Å². The van der Waals surface area contributed by atoms with E-state index in [1.807, 2.05) is 6.07 Å². The summed E-state index contributed by atoms with van der Waals surface area (Å²) in [6.45, 7) is 6.32. The van der Waals surface area contributed by atoms with Crippen molar-refractivity contribution in [3.05, 3.63) is 24.2 Å². The van der Waals surface area contributed by atoms with Crippen LogP contribution in [0.1, 0.15) is 26.0 Å². The second-order valence-electron chi connectivity index (χ2n) is 5.40. The molecule has 0 radical (unpaired) electrons. The number of aliphatic hydroxyl groups is 1. The molecule has 0 aliphatic carbocycles. The maximum absolute atomic E-state index is 11.4. The lowest BCUT2D eigenvalue weighted by Crippen LogP contribution is -2.34. The smallest absolute Gasteiger partial charge is 0.221 e. The molecule has 6 nitrogen and oxygen atoms in total. The Bertz CT molecular complexity index is 379. The molecule has 0 fully saturated rings. The van der Waals surface area contributed by atoms with E-state index < -0.39 is 6.10 Å². The molecular weight excluding hydrogens is 272 g/mol. The molecule has 6 heteroatoms. The van der Waals surface area contributed by atoms with Gasteiger partial charge in [0.15, 0.2) is 0 Å². The first-order valence-electron chi connectivity index (χ1n) is 7.33. The molecule has 0 aliphatic heterocycles. The van der Waals surface area contributed by atoms with Crippen LogP contribution in [0.25, 0.3) is 0 Å². The molecule has 0 aliphatic rings. The Hall–Kier alpha value is -1.37. The van der Waals surface area contributed by atoms with Crippen LogP contribution in [0.5, 0.6) is 0 Å². The first-order valence-corrected chi connectivity index (χ1v) is 7.33. The van der Waals surface area contributed by atoms with E-state index in [9.17, 15) is 9.90 Å². The van der Waals surface area contributed by atoms with Crippen molar-refractivity contribution >= 4 is 5.91 Å². The molecule has 0 bridgehead atoms.